The second-order valence-electron chi connectivity index (χ2n) is 9.12. The van der Waals surface area contributed by atoms with Gasteiger partial charge in [-0.2, -0.15) is 4.31 Å². The van der Waals surface area contributed by atoms with Gasteiger partial charge in [-0.25, -0.2) is 12.8 Å². The van der Waals surface area contributed by atoms with Gasteiger partial charge < -0.3 is 9.80 Å². The van der Waals surface area contributed by atoms with Crippen molar-refractivity contribution in [2.45, 2.75) is 32.2 Å². The fourth-order valence-electron chi connectivity index (χ4n) is 4.13. The number of carbonyl (C=O) groups is 2. The highest BCUT2D eigenvalue weighted by Crippen LogP contribution is 2.36. The summed E-state index contributed by atoms with van der Waals surface area (Å²) in [7, 11) is -0.791. The number of nitrogens with zero attached hydrogens (tertiary/aromatic N) is 3. The summed E-state index contributed by atoms with van der Waals surface area (Å²) in [6.45, 7) is 2.13. The quantitative estimate of drug-likeness (QED) is 0.496. The Morgan fingerprint density at radius 3 is 2.51 bits per heavy atom. The molecule has 0 N–H and O–H groups in total. The Morgan fingerprint density at radius 1 is 1.23 bits per heavy atom. The Balaban J connectivity index is 1.60. The predicted octanol–water partition coefficient (Wildman–Crippen LogP) is 4.45. The topological polar surface area (TPSA) is 78.0 Å². The molecule has 4 rings (SSSR count). The van der Waals surface area contributed by atoms with Gasteiger partial charge in [-0.1, -0.05) is 11.6 Å². The summed E-state index contributed by atoms with van der Waals surface area (Å²) in [6, 6.07) is 6.52. The van der Waals surface area contributed by atoms with Gasteiger partial charge in [-0.15, -0.1) is 11.3 Å². The number of carbonyl (C=O) groups excluding carboxylic acids is 2. The lowest BCUT2D eigenvalue weighted by atomic mass is 10.1. The first-order valence-corrected chi connectivity index (χ1v) is 14.0. The number of thiophene rings is 1. The van der Waals surface area contributed by atoms with E-state index in [1.807, 2.05) is 0 Å². The highest BCUT2D eigenvalue weighted by atomic mass is 35.5. The Bertz CT molecular complexity index is 1290. The molecular formula is C24H27ClFN3O4S2. The van der Waals surface area contributed by atoms with Crippen LogP contribution < -0.4 is 4.90 Å². The van der Waals surface area contributed by atoms with Crippen LogP contribution >= 0.6 is 22.9 Å². The summed E-state index contributed by atoms with van der Waals surface area (Å²) < 4.78 is 43.6. The molecule has 7 nitrogen and oxygen atoms in total. The molecule has 1 aliphatic heterocycles. The first-order valence-electron chi connectivity index (χ1n) is 11.3. The Kier molecular flexibility index (Phi) is 7.38. The van der Waals surface area contributed by atoms with Gasteiger partial charge in [-0.05, 0) is 68.0 Å². The number of hydrogen-bond acceptors (Lipinski definition) is 5. The maximum absolute atomic E-state index is 14.9. The molecule has 0 spiro atoms. The van der Waals surface area contributed by atoms with E-state index in [0.29, 0.717) is 9.91 Å². The molecule has 0 unspecified atom stereocenters. The Hall–Kier alpha value is -2.27. The number of hydrogen-bond donors (Lipinski definition) is 0. The summed E-state index contributed by atoms with van der Waals surface area (Å²) in [4.78, 5) is 28.9. The van der Waals surface area contributed by atoms with Crippen LogP contribution in [-0.2, 0) is 14.8 Å². The van der Waals surface area contributed by atoms with E-state index in [9.17, 15) is 22.4 Å². The maximum Gasteiger partial charge on any atom is 0.253 e. The van der Waals surface area contributed by atoms with E-state index < -0.39 is 27.8 Å². The van der Waals surface area contributed by atoms with Crippen LogP contribution in [0.4, 0.5) is 10.1 Å². The van der Waals surface area contributed by atoms with Crippen LogP contribution in [0.2, 0.25) is 4.34 Å². The van der Waals surface area contributed by atoms with Crippen molar-refractivity contribution in [2.75, 3.05) is 32.1 Å². The van der Waals surface area contributed by atoms with Gasteiger partial charge in [0.1, 0.15) is 11.9 Å². The number of allylic oxidation sites excluding steroid dienone is 1. The number of halogens is 2. The molecule has 1 saturated heterocycles. The molecule has 188 valence electrons. The smallest absolute Gasteiger partial charge is 0.253 e. The number of rotatable bonds is 8. The van der Waals surface area contributed by atoms with Gasteiger partial charge in [0, 0.05) is 37.6 Å². The zero-order valence-corrected chi connectivity index (χ0v) is 22.1. The Labute approximate surface area is 213 Å². The average molecular weight is 540 g/mol. The monoisotopic (exact) mass is 539 g/mol. The van der Waals surface area contributed by atoms with Crippen molar-refractivity contribution in [3.8, 4) is 0 Å². The molecule has 1 aromatic heterocycles. The molecule has 2 amide bonds. The van der Waals surface area contributed by atoms with Crippen LogP contribution in [-0.4, -0.2) is 62.7 Å². The third kappa shape index (κ3) is 5.61. The minimum atomic E-state index is -3.93. The zero-order valence-electron chi connectivity index (χ0n) is 19.7. The van der Waals surface area contributed by atoms with E-state index in [-0.39, 0.29) is 42.6 Å². The van der Waals surface area contributed by atoms with Crippen molar-refractivity contribution in [1.29, 1.82) is 0 Å². The highest BCUT2D eigenvalue weighted by molar-refractivity contribution is 7.92. The summed E-state index contributed by atoms with van der Waals surface area (Å²) in [5.41, 5.74) is 0.750. The highest BCUT2D eigenvalue weighted by Gasteiger charge is 2.44. The van der Waals surface area contributed by atoms with E-state index in [1.54, 1.807) is 33.2 Å². The summed E-state index contributed by atoms with van der Waals surface area (Å²) in [6.07, 6.45) is 2.08. The van der Waals surface area contributed by atoms with Crippen molar-refractivity contribution in [1.82, 2.24) is 9.21 Å². The number of sulfonamides is 1. The van der Waals surface area contributed by atoms with Gasteiger partial charge in [0.2, 0.25) is 15.9 Å². The molecular weight excluding hydrogens is 513 g/mol. The van der Waals surface area contributed by atoms with Crippen molar-refractivity contribution in [3.05, 3.63) is 56.3 Å². The van der Waals surface area contributed by atoms with Crippen LogP contribution in [0.25, 0.3) is 5.57 Å². The van der Waals surface area contributed by atoms with Crippen LogP contribution in [0.5, 0.6) is 0 Å². The van der Waals surface area contributed by atoms with Crippen molar-refractivity contribution < 1.29 is 22.4 Å². The second-order valence-corrected chi connectivity index (χ2v) is 12.6. The average Bonchev–Trinajstić information content (AvgIpc) is 3.39. The van der Waals surface area contributed by atoms with E-state index in [0.717, 1.165) is 23.8 Å². The molecule has 1 aliphatic carbocycles. The first kappa shape index (κ1) is 25.8. The molecule has 1 saturated carbocycles. The fraction of sp³-hybridized carbons (Fsp3) is 0.417. The molecule has 2 heterocycles. The number of anilines is 1. The fourth-order valence-corrected chi connectivity index (χ4v) is 6.89. The zero-order chi connectivity index (χ0) is 25.5. The lowest BCUT2D eigenvalue weighted by Gasteiger charge is -2.26. The first-order chi connectivity index (χ1) is 16.5. The van der Waals surface area contributed by atoms with Crippen LogP contribution in [0.1, 0.15) is 41.4 Å². The Morgan fingerprint density at radius 2 is 1.94 bits per heavy atom. The van der Waals surface area contributed by atoms with E-state index in [1.165, 1.54) is 43.0 Å². The molecule has 35 heavy (non-hydrogen) atoms. The van der Waals surface area contributed by atoms with E-state index >= 15 is 0 Å². The lowest BCUT2D eigenvalue weighted by Crippen LogP contribution is -2.45. The van der Waals surface area contributed by atoms with Crippen LogP contribution in [0.3, 0.4) is 0 Å². The lowest BCUT2D eigenvalue weighted by molar-refractivity contribution is -0.120. The van der Waals surface area contributed by atoms with Gasteiger partial charge in [-0.3, -0.25) is 9.59 Å². The van der Waals surface area contributed by atoms with Gasteiger partial charge >= 0.3 is 0 Å². The van der Waals surface area contributed by atoms with Crippen LogP contribution in [0, 0.1) is 11.7 Å². The van der Waals surface area contributed by atoms with Crippen LogP contribution in [0.15, 0.2) is 35.7 Å². The summed E-state index contributed by atoms with van der Waals surface area (Å²) in [5.74, 6) is -1.31. The number of amides is 2. The second kappa shape index (κ2) is 10.0. The SMILES string of the molecule is CC(=CS(=O)(=O)N(CC1CC1)[C@H]1CCN(c2ccc(C(=O)N(C)C)cc2F)C1=O)c1ccc(Cl)s1. The molecule has 2 fully saturated rings. The third-order valence-electron chi connectivity index (χ3n) is 6.17. The molecule has 11 heteroatoms. The molecule has 1 aromatic carbocycles. The standard InChI is InChI=1S/C24H27ClFN3O4S2/c1-15(21-8-9-22(25)34-21)14-35(32,33)29(13-16-4-5-16)20-10-11-28(24(20)31)19-7-6-17(12-18(19)26)23(30)27(2)3/h6-9,12,14,16,20H,4-5,10-11,13H2,1-3H3/t20-/m0/s1. The minimum absolute atomic E-state index is 0.0385. The predicted molar refractivity (Wildman–Crippen MR) is 137 cm³/mol. The van der Waals surface area contributed by atoms with Gasteiger partial charge in [0.25, 0.3) is 5.91 Å². The number of benzene rings is 1. The maximum atomic E-state index is 14.9. The summed E-state index contributed by atoms with van der Waals surface area (Å²) in [5, 5.41) is 1.19. The molecule has 2 aliphatic rings. The molecule has 0 bridgehead atoms. The van der Waals surface area contributed by atoms with Crippen molar-refractivity contribution in [3.63, 3.8) is 0 Å². The molecule has 2 aromatic rings. The minimum Gasteiger partial charge on any atom is -0.345 e. The molecule has 0 radical (unpaired) electrons. The normalized spacial score (nSPS) is 19.0. The van der Waals surface area contributed by atoms with Crippen molar-refractivity contribution in [2.24, 2.45) is 5.92 Å². The summed E-state index contributed by atoms with van der Waals surface area (Å²) >= 11 is 7.28. The van der Waals surface area contributed by atoms with E-state index in [4.69, 9.17) is 11.6 Å². The van der Waals surface area contributed by atoms with E-state index in [2.05, 4.69) is 0 Å². The van der Waals surface area contributed by atoms with Gasteiger partial charge in [0.05, 0.1) is 15.4 Å². The molecule has 1 atom stereocenters. The largest absolute Gasteiger partial charge is 0.345 e. The third-order valence-corrected chi connectivity index (χ3v) is 9.24. The van der Waals surface area contributed by atoms with Gasteiger partial charge in [0.15, 0.2) is 0 Å². The van der Waals surface area contributed by atoms with Crippen molar-refractivity contribution >= 4 is 56.0 Å².